The maximum Gasteiger partial charge on any atom is 0.306 e. The molecule has 0 amide bonds. The Labute approximate surface area is 223 Å². The number of allylic oxidation sites excluding steroid dienone is 1. The van der Waals surface area contributed by atoms with Crippen molar-refractivity contribution in [3.8, 4) is 0 Å². The van der Waals surface area contributed by atoms with Crippen molar-refractivity contribution in [2.75, 3.05) is 6.61 Å². The summed E-state index contributed by atoms with van der Waals surface area (Å²) in [7, 11) is 0. The zero-order chi connectivity index (χ0) is 27.9. The van der Waals surface area contributed by atoms with E-state index in [1.165, 1.54) is 0 Å². The third-order valence-corrected chi connectivity index (χ3v) is 7.01. The summed E-state index contributed by atoms with van der Waals surface area (Å²) in [5.41, 5.74) is 1.26. The zero-order valence-electron chi connectivity index (χ0n) is 23.7. The molecule has 0 saturated carbocycles. The number of carbonyl (C=O) groups excluding carboxylic acids is 4. The highest BCUT2D eigenvalue weighted by molar-refractivity contribution is 5.86. The van der Waals surface area contributed by atoms with Crippen LogP contribution in [0.5, 0.6) is 0 Å². The van der Waals surface area contributed by atoms with Crippen LogP contribution in [0.2, 0.25) is 0 Å². The Bertz CT molecular complexity index is 915. The largest absolute Gasteiger partial charge is 0.461 e. The van der Waals surface area contributed by atoms with Gasteiger partial charge in [0.15, 0.2) is 0 Å². The molecular weight excluding hydrogens is 468 g/mol. The lowest BCUT2D eigenvalue weighted by molar-refractivity contribution is -0.148. The molecule has 1 aromatic carbocycles. The van der Waals surface area contributed by atoms with Crippen molar-refractivity contribution in [3.05, 3.63) is 47.5 Å². The van der Waals surface area contributed by atoms with E-state index in [0.717, 1.165) is 17.6 Å². The van der Waals surface area contributed by atoms with Crippen LogP contribution < -0.4 is 0 Å². The van der Waals surface area contributed by atoms with Gasteiger partial charge >= 0.3 is 11.9 Å². The van der Waals surface area contributed by atoms with E-state index < -0.39 is 0 Å². The van der Waals surface area contributed by atoms with E-state index in [1.54, 1.807) is 0 Å². The van der Waals surface area contributed by atoms with E-state index in [-0.39, 0.29) is 66.6 Å². The van der Waals surface area contributed by atoms with Gasteiger partial charge in [-0.05, 0) is 48.7 Å². The first kappa shape index (κ1) is 32.3. The second kappa shape index (κ2) is 16.2. The molecule has 1 atom stereocenters. The number of hydrogen-bond donors (Lipinski definition) is 0. The standard InChI is InChI=1S/C31H46O6/c1-7-24(3)22-36-28(34)20-30(4,5)18-16-26(32)14-15-27(33)17-19-31(6,8-2)21-29(35)37-23-25-12-10-9-11-13-25/h7,9-13H,8,14-23H2,1-6H3/b24-7+. The molecule has 6 heteroatoms. The van der Waals surface area contributed by atoms with Gasteiger partial charge in [0.2, 0.25) is 0 Å². The molecule has 0 aliphatic rings. The smallest absolute Gasteiger partial charge is 0.306 e. The van der Waals surface area contributed by atoms with Crippen molar-refractivity contribution in [1.29, 1.82) is 0 Å². The van der Waals surface area contributed by atoms with Gasteiger partial charge in [-0.15, -0.1) is 0 Å². The summed E-state index contributed by atoms with van der Waals surface area (Å²) in [6.45, 7) is 12.3. The van der Waals surface area contributed by atoms with Crippen LogP contribution in [0.4, 0.5) is 0 Å². The SMILES string of the molecule is C/C=C(\C)COC(=O)CC(C)(C)CCC(=O)CCC(=O)CCC(C)(CC)CC(=O)OCc1ccccc1. The van der Waals surface area contributed by atoms with Gasteiger partial charge in [-0.25, -0.2) is 0 Å². The van der Waals surface area contributed by atoms with Gasteiger partial charge in [0, 0.05) is 25.7 Å². The molecular formula is C31H46O6. The van der Waals surface area contributed by atoms with Crippen LogP contribution in [0.25, 0.3) is 0 Å². The predicted molar refractivity (Wildman–Crippen MR) is 146 cm³/mol. The Balaban J connectivity index is 2.34. The quantitative estimate of drug-likeness (QED) is 0.156. The molecule has 0 aliphatic carbocycles. The lowest BCUT2D eigenvalue weighted by atomic mass is 9.79. The number of benzene rings is 1. The molecule has 6 nitrogen and oxygen atoms in total. The molecule has 0 radical (unpaired) electrons. The van der Waals surface area contributed by atoms with Crippen LogP contribution in [-0.2, 0) is 35.3 Å². The van der Waals surface area contributed by atoms with Crippen molar-refractivity contribution in [1.82, 2.24) is 0 Å². The lowest BCUT2D eigenvalue weighted by Crippen LogP contribution is -2.23. The average molecular weight is 515 g/mol. The topological polar surface area (TPSA) is 86.7 Å². The molecule has 1 rings (SSSR count). The number of ether oxygens (including phenoxy) is 2. The number of Topliss-reactive ketones (excluding diaryl/α,β-unsaturated/α-hetero) is 2. The molecule has 1 aromatic rings. The van der Waals surface area contributed by atoms with E-state index in [2.05, 4.69) is 0 Å². The molecule has 0 N–H and O–H groups in total. The van der Waals surface area contributed by atoms with E-state index in [0.29, 0.717) is 32.3 Å². The first-order valence-corrected chi connectivity index (χ1v) is 13.4. The van der Waals surface area contributed by atoms with Crippen LogP contribution in [0.3, 0.4) is 0 Å². The highest BCUT2D eigenvalue weighted by Crippen LogP contribution is 2.33. The number of esters is 2. The number of hydrogen-bond acceptors (Lipinski definition) is 6. The van der Waals surface area contributed by atoms with Crippen LogP contribution in [-0.4, -0.2) is 30.1 Å². The number of carbonyl (C=O) groups is 4. The highest BCUT2D eigenvalue weighted by Gasteiger charge is 2.28. The normalized spacial score (nSPS) is 13.5. The van der Waals surface area contributed by atoms with Crippen LogP contribution in [0.15, 0.2) is 42.0 Å². The zero-order valence-corrected chi connectivity index (χ0v) is 23.7. The summed E-state index contributed by atoms with van der Waals surface area (Å²) >= 11 is 0. The minimum absolute atomic E-state index is 0.0299. The van der Waals surface area contributed by atoms with Crippen molar-refractivity contribution >= 4 is 23.5 Å². The lowest BCUT2D eigenvalue weighted by Gasteiger charge is -2.27. The summed E-state index contributed by atoms with van der Waals surface area (Å²) in [4.78, 5) is 49.3. The van der Waals surface area contributed by atoms with Crippen LogP contribution >= 0.6 is 0 Å². The van der Waals surface area contributed by atoms with Gasteiger partial charge in [-0.3, -0.25) is 19.2 Å². The van der Waals surface area contributed by atoms with Crippen molar-refractivity contribution < 1.29 is 28.7 Å². The maximum atomic E-state index is 12.5. The highest BCUT2D eigenvalue weighted by atomic mass is 16.5. The molecule has 37 heavy (non-hydrogen) atoms. The fourth-order valence-electron chi connectivity index (χ4n) is 3.78. The summed E-state index contributed by atoms with van der Waals surface area (Å²) < 4.78 is 10.7. The van der Waals surface area contributed by atoms with Gasteiger partial charge in [0.05, 0.1) is 12.8 Å². The Morgan fingerprint density at radius 3 is 1.95 bits per heavy atom. The van der Waals surface area contributed by atoms with Gasteiger partial charge < -0.3 is 9.47 Å². The van der Waals surface area contributed by atoms with Gasteiger partial charge in [-0.2, -0.15) is 0 Å². The van der Waals surface area contributed by atoms with Crippen molar-refractivity contribution in [2.24, 2.45) is 10.8 Å². The molecule has 0 heterocycles. The average Bonchev–Trinajstić information content (AvgIpc) is 2.87. The van der Waals surface area contributed by atoms with Crippen molar-refractivity contribution in [2.45, 2.75) is 106 Å². The monoisotopic (exact) mass is 514 g/mol. The third kappa shape index (κ3) is 14.5. The van der Waals surface area contributed by atoms with Gasteiger partial charge in [-0.1, -0.05) is 70.5 Å². The Kier molecular flexibility index (Phi) is 14.1. The maximum absolute atomic E-state index is 12.5. The minimum Gasteiger partial charge on any atom is -0.461 e. The van der Waals surface area contributed by atoms with Gasteiger partial charge in [0.1, 0.15) is 24.8 Å². The molecule has 1 unspecified atom stereocenters. The Morgan fingerprint density at radius 2 is 1.38 bits per heavy atom. The van der Waals surface area contributed by atoms with Crippen LogP contribution in [0, 0.1) is 10.8 Å². The Morgan fingerprint density at radius 1 is 0.811 bits per heavy atom. The summed E-state index contributed by atoms with van der Waals surface area (Å²) in [5.74, 6) is -0.466. The Hall–Kier alpha value is -2.76. The molecule has 0 bridgehead atoms. The summed E-state index contributed by atoms with van der Waals surface area (Å²) in [5, 5.41) is 0. The molecule has 0 fully saturated rings. The second-order valence-electron chi connectivity index (χ2n) is 11.2. The molecule has 0 saturated heterocycles. The summed E-state index contributed by atoms with van der Waals surface area (Å²) in [6.07, 6.45) is 5.41. The molecule has 0 spiro atoms. The van der Waals surface area contributed by atoms with Crippen molar-refractivity contribution in [3.63, 3.8) is 0 Å². The van der Waals surface area contributed by atoms with E-state index in [1.807, 2.05) is 78.0 Å². The fraction of sp³-hybridized carbons (Fsp3) is 0.613. The number of rotatable bonds is 18. The first-order chi connectivity index (χ1) is 17.4. The molecule has 0 aliphatic heterocycles. The first-order valence-electron chi connectivity index (χ1n) is 13.4. The second-order valence-corrected chi connectivity index (χ2v) is 11.2. The fourth-order valence-corrected chi connectivity index (χ4v) is 3.78. The van der Waals surface area contributed by atoms with Gasteiger partial charge in [0.25, 0.3) is 0 Å². The number of ketones is 2. The summed E-state index contributed by atoms with van der Waals surface area (Å²) in [6, 6.07) is 9.54. The van der Waals surface area contributed by atoms with Crippen LogP contribution in [0.1, 0.15) is 105 Å². The third-order valence-electron chi connectivity index (χ3n) is 7.01. The minimum atomic E-state index is -0.349. The van der Waals surface area contributed by atoms with E-state index in [4.69, 9.17) is 9.47 Å². The van der Waals surface area contributed by atoms with E-state index in [9.17, 15) is 19.2 Å². The predicted octanol–water partition coefficient (Wildman–Crippen LogP) is 6.94. The molecule has 206 valence electrons. The van der Waals surface area contributed by atoms with E-state index >= 15 is 0 Å². The molecule has 0 aromatic heterocycles.